The number of carbonyl (C=O) groups excluding carboxylic acids is 1. The molecule has 1 atom stereocenters. The molecule has 0 radical (unpaired) electrons. The van der Waals surface area contributed by atoms with Crippen molar-refractivity contribution in [3.63, 3.8) is 0 Å². The first kappa shape index (κ1) is 20.5. The Hall–Kier alpha value is -2.82. The van der Waals surface area contributed by atoms with Gasteiger partial charge in [0.15, 0.2) is 9.47 Å². The number of benzene rings is 2. The average molecular weight is 458 g/mol. The van der Waals surface area contributed by atoms with Gasteiger partial charge in [0.05, 0.1) is 16.6 Å². The Bertz CT molecular complexity index is 1150. The number of nitrogens with zero attached hydrogens (tertiary/aromatic N) is 3. The van der Waals surface area contributed by atoms with Crippen LogP contribution in [0.3, 0.4) is 0 Å². The van der Waals surface area contributed by atoms with E-state index in [1.54, 1.807) is 25.1 Å². The van der Waals surface area contributed by atoms with Gasteiger partial charge in [0.25, 0.3) is 0 Å². The minimum Gasteiger partial charge on any atom is -0.328 e. The summed E-state index contributed by atoms with van der Waals surface area (Å²) in [5, 5.41) is 16.3. The molecule has 0 saturated carbocycles. The Morgan fingerprint density at radius 1 is 1.07 bits per heavy atom. The molecule has 2 N–H and O–H groups in total. The van der Waals surface area contributed by atoms with Crippen LogP contribution in [0.1, 0.15) is 6.92 Å². The van der Waals surface area contributed by atoms with Crippen LogP contribution in [0.15, 0.2) is 64.3 Å². The molecule has 0 bridgehead atoms. The van der Waals surface area contributed by atoms with Gasteiger partial charge in [0.2, 0.25) is 11.0 Å². The number of rotatable bonds is 7. The summed E-state index contributed by atoms with van der Waals surface area (Å²) in [5.74, 6) is -0.541. The van der Waals surface area contributed by atoms with Crippen molar-refractivity contribution in [2.45, 2.75) is 16.5 Å². The number of hydrogen-bond donors (Lipinski definition) is 2. The van der Waals surface area contributed by atoms with Crippen LogP contribution in [0.4, 0.5) is 20.3 Å². The number of thiazole rings is 1. The summed E-state index contributed by atoms with van der Waals surface area (Å²) in [6.45, 7) is 1.79. The first-order valence-electron chi connectivity index (χ1n) is 8.92. The first-order valence-corrected chi connectivity index (χ1v) is 11.5. The SMILES string of the molecule is CC(Sc1nnc(Nc2ccccc2F)s1)C(=O)Nc1nc(-c2ccccc2)cs1. The van der Waals surface area contributed by atoms with Crippen molar-refractivity contribution in [2.24, 2.45) is 0 Å². The molecule has 4 aromatic rings. The fourth-order valence-corrected chi connectivity index (χ4v) is 5.10. The highest BCUT2D eigenvalue weighted by molar-refractivity contribution is 8.02. The van der Waals surface area contributed by atoms with E-state index in [0.717, 1.165) is 11.3 Å². The largest absolute Gasteiger partial charge is 0.328 e. The molecule has 10 heteroatoms. The van der Waals surface area contributed by atoms with Crippen molar-refractivity contribution >= 4 is 56.3 Å². The molecule has 2 heterocycles. The van der Waals surface area contributed by atoms with Gasteiger partial charge < -0.3 is 10.6 Å². The minimum absolute atomic E-state index is 0.173. The molecule has 4 rings (SSSR count). The maximum Gasteiger partial charge on any atom is 0.239 e. The summed E-state index contributed by atoms with van der Waals surface area (Å²) in [7, 11) is 0. The first-order chi connectivity index (χ1) is 14.6. The maximum atomic E-state index is 13.7. The number of para-hydroxylation sites is 1. The number of hydrogen-bond acceptors (Lipinski definition) is 8. The molecular weight excluding hydrogens is 441 g/mol. The second-order valence-corrected chi connectivity index (χ2v) is 9.55. The van der Waals surface area contributed by atoms with Gasteiger partial charge in [-0.2, -0.15) is 0 Å². The number of thioether (sulfide) groups is 1. The van der Waals surface area contributed by atoms with E-state index in [-0.39, 0.29) is 11.7 Å². The Balaban J connectivity index is 1.35. The number of aromatic nitrogens is 3. The predicted molar refractivity (Wildman–Crippen MR) is 121 cm³/mol. The van der Waals surface area contributed by atoms with E-state index in [2.05, 4.69) is 25.8 Å². The van der Waals surface area contributed by atoms with Crippen LogP contribution in [0.2, 0.25) is 0 Å². The maximum absolute atomic E-state index is 13.7. The van der Waals surface area contributed by atoms with Crippen LogP contribution >= 0.6 is 34.4 Å². The molecule has 6 nitrogen and oxygen atoms in total. The smallest absolute Gasteiger partial charge is 0.239 e. The van der Waals surface area contributed by atoms with Gasteiger partial charge >= 0.3 is 0 Å². The van der Waals surface area contributed by atoms with Crippen molar-refractivity contribution in [1.82, 2.24) is 15.2 Å². The molecule has 0 spiro atoms. The lowest BCUT2D eigenvalue weighted by molar-refractivity contribution is -0.115. The molecule has 0 fully saturated rings. The third-order valence-corrected chi connectivity index (χ3v) is 6.75. The van der Waals surface area contributed by atoms with Gasteiger partial charge in [0, 0.05) is 10.9 Å². The van der Waals surface area contributed by atoms with E-state index < -0.39 is 5.25 Å². The van der Waals surface area contributed by atoms with Crippen LogP contribution in [0.25, 0.3) is 11.3 Å². The number of carbonyl (C=O) groups is 1. The summed E-state index contributed by atoms with van der Waals surface area (Å²) in [6.07, 6.45) is 0. The predicted octanol–water partition coefficient (Wildman–Crippen LogP) is 5.66. The van der Waals surface area contributed by atoms with Gasteiger partial charge in [-0.05, 0) is 19.1 Å². The van der Waals surface area contributed by atoms with E-state index in [0.29, 0.717) is 20.3 Å². The lowest BCUT2D eigenvalue weighted by Gasteiger charge is -2.07. The van der Waals surface area contributed by atoms with Crippen molar-refractivity contribution < 1.29 is 9.18 Å². The highest BCUT2D eigenvalue weighted by Gasteiger charge is 2.19. The third-order valence-electron chi connectivity index (χ3n) is 3.97. The summed E-state index contributed by atoms with van der Waals surface area (Å²) >= 11 is 3.93. The van der Waals surface area contributed by atoms with E-state index >= 15 is 0 Å². The summed E-state index contributed by atoms with van der Waals surface area (Å²) < 4.78 is 14.4. The quantitative estimate of drug-likeness (QED) is 0.349. The number of nitrogens with one attached hydrogen (secondary N) is 2. The van der Waals surface area contributed by atoms with Gasteiger partial charge in [-0.1, -0.05) is 65.6 Å². The fraction of sp³-hybridized carbons (Fsp3) is 0.100. The Labute approximate surface area is 184 Å². The number of amides is 1. The number of anilines is 3. The van der Waals surface area contributed by atoms with Gasteiger partial charge in [0.1, 0.15) is 5.82 Å². The molecule has 2 aromatic carbocycles. The van der Waals surface area contributed by atoms with Crippen LogP contribution in [0.5, 0.6) is 0 Å². The molecule has 0 aliphatic rings. The Kier molecular flexibility index (Phi) is 6.36. The Morgan fingerprint density at radius 2 is 1.83 bits per heavy atom. The van der Waals surface area contributed by atoms with Crippen molar-refractivity contribution in [1.29, 1.82) is 0 Å². The molecule has 2 aromatic heterocycles. The van der Waals surface area contributed by atoms with E-state index in [4.69, 9.17) is 0 Å². The van der Waals surface area contributed by atoms with Crippen LogP contribution in [-0.4, -0.2) is 26.3 Å². The topological polar surface area (TPSA) is 79.8 Å². The standard InChI is InChI=1S/C20H16FN5OS3/c1-12(17(27)24-18-23-16(11-28-18)13-7-3-2-4-8-13)29-20-26-25-19(30-20)22-15-10-6-5-9-14(15)21/h2-12H,1H3,(H,22,25)(H,23,24,27). The molecule has 0 aliphatic carbocycles. The van der Waals surface area contributed by atoms with Crippen LogP contribution in [0, 0.1) is 5.82 Å². The highest BCUT2D eigenvalue weighted by Crippen LogP contribution is 2.32. The van der Waals surface area contributed by atoms with Gasteiger partial charge in [-0.3, -0.25) is 4.79 Å². The minimum atomic E-state index is -0.400. The molecule has 1 amide bonds. The average Bonchev–Trinajstić information content (AvgIpc) is 3.40. The summed E-state index contributed by atoms with van der Waals surface area (Å²) in [4.78, 5) is 17.0. The molecule has 152 valence electrons. The second kappa shape index (κ2) is 9.33. The van der Waals surface area contributed by atoms with E-state index in [1.165, 1.54) is 40.5 Å². The van der Waals surface area contributed by atoms with Crippen molar-refractivity contribution in [3.05, 3.63) is 65.8 Å². The zero-order valence-electron chi connectivity index (χ0n) is 15.7. The molecule has 1 unspecified atom stereocenters. The zero-order valence-corrected chi connectivity index (χ0v) is 18.2. The highest BCUT2D eigenvalue weighted by atomic mass is 32.2. The number of halogens is 1. The van der Waals surface area contributed by atoms with E-state index in [1.807, 2.05) is 35.7 Å². The third kappa shape index (κ3) is 5.02. The Morgan fingerprint density at radius 3 is 2.63 bits per heavy atom. The lowest BCUT2D eigenvalue weighted by Crippen LogP contribution is -2.22. The van der Waals surface area contributed by atoms with Crippen molar-refractivity contribution in [2.75, 3.05) is 10.6 Å². The van der Waals surface area contributed by atoms with Gasteiger partial charge in [-0.15, -0.1) is 21.5 Å². The molecule has 0 aliphatic heterocycles. The summed E-state index contributed by atoms with van der Waals surface area (Å²) in [5.41, 5.74) is 2.15. The van der Waals surface area contributed by atoms with Crippen LogP contribution in [-0.2, 0) is 4.79 Å². The van der Waals surface area contributed by atoms with Gasteiger partial charge in [-0.25, -0.2) is 9.37 Å². The molecular formula is C20H16FN5OS3. The van der Waals surface area contributed by atoms with Crippen LogP contribution < -0.4 is 10.6 Å². The monoisotopic (exact) mass is 457 g/mol. The van der Waals surface area contributed by atoms with E-state index in [9.17, 15) is 9.18 Å². The fourth-order valence-electron chi connectivity index (χ4n) is 2.47. The zero-order chi connectivity index (χ0) is 20.9. The van der Waals surface area contributed by atoms with Crippen molar-refractivity contribution in [3.8, 4) is 11.3 Å². The second-order valence-electron chi connectivity index (χ2n) is 6.13. The molecule has 30 heavy (non-hydrogen) atoms. The lowest BCUT2D eigenvalue weighted by atomic mass is 10.2. The molecule has 0 saturated heterocycles. The normalized spacial score (nSPS) is 11.8. The summed E-state index contributed by atoms with van der Waals surface area (Å²) in [6, 6.07) is 16.1.